The fraction of sp³-hybridized carbons (Fsp3) is 0.500. The molecular weight excluding hydrogens is 187 g/mol. The van der Waals surface area contributed by atoms with E-state index in [2.05, 4.69) is 26.8 Å². The zero-order valence-corrected chi connectivity index (χ0v) is 9.58. The van der Waals surface area contributed by atoms with Crippen molar-refractivity contribution >= 4 is 12.6 Å². The molecule has 80 valence electrons. The van der Waals surface area contributed by atoms with E-state index >= 15 is 0 Å². The van der Waals surface area contributed by atoms with Gasteiger partial charge in [0.05, 0.1) is 6.61 Å². The van der Waals surface area contributed by atoms with Gasteiger partial charge in [-0.2, -0.15) is 0 Å². The summed E-state index contributed by atoms with van der Waals surface area (Å²) in [4.78, 5) is 0. The zero-order chi connectivity index (χ0) is 11.1. The third-order valence-electron chi connectivity index (χ3n) is 2.65. The van der Waals surface area contributed by atoms with Crippen LogP contribution in [0.1, 0.15) is 31.9 Å². The highest BCUT2D eigenvalue weighted by Gasteiger charge is 2.30. The number of hydrogen-bond acceptors (Lipinski definition) is 2. The minimum absolute atomic E-state index is 0.234. The minimum atomic E-state index is -0.724. The van der Waals surface area contributed by atoms with Crippen LogP contribution in [0.25, 0.3) is 0 Å². The Kier molecular flexibility index (Phi) is 2.61. The molecular formula is C12H17BO2. The predicted octanol–water partition coefficient (Wildman–Crippen LogP) is 1.49. The van der Waals surface area contributed by atoms with Gasteiger partial charge in [0.25, 0.3) is 0 Å². The van der Waals surface area contributed by atoms with Crippen LogP contribution in [0.5, 0.6) is 0 Å². The van der Waals surface area contributed by atoms with Crippen molar-refractivity contribution in [1.29, 1.82) is 0 Å². The summed E-state index contributed by atoms with van der Waals surface area (Å²) >= 11 is 0. The Bertz CT molecular complexity index is 368. The molecule has 15 heavy (non-hydrogen) atoms. The average Bonchev–Trinajstić information content (AvgIpc) is 2.46. The Morgan fingerprint density at radius 3 is 2.80 bits per heavy atom. The molecule has 0 bridgehead atoms. The second-order valence-electron chi connectivity index (χ2n) is 5.39. The first-order chi connectivity index (χ1) is 6.97. The topological polar surface area (TPSA) is 29.5 Å². The fourth-order valence-corrected chi connectivity index (χ4v) is 2.09. The smallest absolute Gasteiger partial charge is 0.423 e. The largest absolute Gasteiger partial charge is 0.492 e. The molecule has 0 saturated heterocycles. The molecule has 0 unspecified atom stereocenters. The SMILES string of the molecule is CC(C)(C)Cc1cccc2c1B(O)OC2. The molecule has 1 aliphatic rings. The molecule has 0 saturated carbocycles. The predicted molar refractivity (Wildman–Crippen MR) is 62.0 cm³/mol. The van der Waals surface area contributed by atoms with Crippen LogP contribution in [0.3, 0.4) is 0 Å². The summed E-state index contributed by atoms with van der Waals surface area (Å²) in [5, 5.41) is 9.74. The van der Waals surface area contributed by atoms with Crippen LogP contribution >= 0.6 is 0 Å². The molecule has 1 aliphatic heterocycles. The number of hydrogen-bond donors (Lipinski definition) is 1. The average molecular weight is 204 g/mol. The highest BCUT2D eigenvalue weighted by atomic mass is 16.5. The molecule has 2 nitrogen and oxygen atoms in total. The van der Waals surface area contributed by atoms with Gasteiger partial charge in [-0.05, 0) is 28.4 Å². The van der Waals surface area contributed by atoms with Crippen molar-refractivity contribution in [2.45, 2.75) is 33.8 Å². The van der Waals surface area contributed by atoms with E-state index in [1.54, 1.807) is 0 Å². The van der Waals surface area contributed by atoms with E-state index in [9.17, 15) is 5.02 Å². The maximum absolute atomic E-state index is 9.74. The molecule has 3 heteroatoms. The summed E-state index contributed by atoms with van der Waals surface area (Å²) < 4.78 is 5.23. The lowest BCUT2D eigenvalue weighted by atomic mass is 9.73. The van der Waals surface area contributed by atoms with E-state index in [0.29, 0.717) is 6.61 Å². The quantitative estimate of drug-likeness (QED) is 0.702. The summed E-state index contributed by atoms with van der Waals surface area (Å²) in [7, 11) is -0.724. The lowest BCUT2D eigenvalue weighted by Crippen LogP contribution is -2.33. The molecule has 1 aromatic carbocycles. The third kappa shape index (κ3) is 2.24. The highest BCUT2D eigenvalue weighted by molar-refractivity contribution is 6.62. The number of rotatable bonds is 1. The lowest BCUT2D eigenvalue weighted by molar-refractivity contribution is 0.275. The Hall–Kier alpha value is -0.795. The first kappa shape index (κ1) is 10.7. The van der Waals surface area contributed by atoms with Gasteiger partial charge in [0.2, 0.25) is 0 Å². The van der Waals surface area contributed by atoms with Crippen molar-refractivity contribution in [3.8, 4) is 0 Å². The zero-order valence-electron chi connectivity index (χ0n) is 9.58. The summed E-state index contributed by atoms with van der Waals surface area (Å²) in [6.45, 7) is 7.15. The van der Waals surface area contributed by atoms with E-state index in [-0.39, 0.29) is 5.41 Å². The second-order valence-corrected chi connectivity index (χ2v) is 5.39. The summed E-state index contributed by atoms with van der Waals surface area (Å²) in [5.74, 6) is 0. The van der Waals surface area contributed by atoms with Crippen molar-refractivity contribution < 1.29 is 9.68 Å². The first-order valence-corrected chi connectivity index (χ1v) is 5.38. The molecule has 1 aromatic rings. The molecule has 2 rings (SSSR count). The van der Waals surface area contributed by atoms with Crippen molar-refractivity contribution in [1.82, 2.24) is 0 Å². The fourth-order valence-electron chi connectivity index (χ4n) is 2.09. The monoisotopic (exact) mass is 204 g/mol. The number of benzene rings is 1. The van der Waals surface area contributed by atoms with Gasteiger partial charge in [-0.1, -0.05) is 39.0 Å². The van der Waals surface area contributed by atoms with Crippen LogP contribution in [-0.4, -0.2) is 12.1 Å². The maximum atomic E-state index is 9.74. The van der Waals surface area contributed by atoms with Crippen molar-refractivity contribution in [3.63, 3.8) is 0 Å². The Morgan fingerprint density at radius 1 is 1.40 bits per heavy atom. The lowest BCUT2D eigenvalue weighted by Gasteiger charge is -2.20. The van der Waals surface area contributed by atoms with Gasteiger partial charge in [-0.15, -0.1) is 0 Å². The minimum Gasteiger partial charge on any atom is -0.423 e. The molecule has 0 atom stereocenters. The highest BCUT2D eigenvalue weighted by Crippen LogP contribution is 2.22. The Labute approximate surface area is 91.4 Å². The van der Waals surface area contributed by atoms with Gasteiger partial charge in [-0.25, -0.2) is 0 Å². The van der Waals surface area contributed by atoms with Crippen molar-refractivity contribution in [3.05, 3.63) is 29.3 Å². The molecule has 1 heterocycles. The van der Waals surface area contributed by atoms with E-state index in [0.717, 1.165) is 17.4 Å². The van der Waals surface area contributed by atoms with Gasteiger partial charge >= 0.3 is 7.12 Å². The van der Waals surface area contributed by atoms with Crippen LogP contribution in [0.15, 0.2) is 18.2 Å². The third-order valence-corrected chi connectivity index (χ3v) is 2.65. The molecule has 0 radical (unpaired) electrons. The standard InChI is InChI=1S/C12H17BO2/c1-12(2,3)7-9-5-4-6-10-8-15-13(14)11(9)10/h4-6,14H,7-8H2,1-3H3. The number of fused-ring (bicyclic) bond motifs is 1. The van der Waals surface area contributed by atoms with Crippen molar-refractivity contribution in [2.75, 3.05) is 0 Å². The van der Waals surface area contributed by atoms with Gasteiger partial charge in [0.15, 0.2) is 0 Å². The molecule has 0 spiro atoms. The summed E-state index contributed by atoms with van der Waals surface area (Å²) in [5.41, 5.74) is 3.57. The Balaban J connectivity index is 2.37. The van der Waals surface area contributed by atoms with Crippen LogP contribution in [-0.2, 0) is 17.7 Å². The molecule has 0 aromatic heterocycles. The van der Waals surface area contributed by atoms with Crippen LogP contribution in [0.4, 0.5) is 0 Å². The van der Waals surface area contributed by atoms with Gasteiger partial charge in [0.1, 0.15) is 0 Å². The summed E-state index contributed by atoms with van der Waals surface area (Å²) in [6.07, 6.45) is 0.969. The molecule has 0 amide bonds. The van der Waals surface area contributed by atoms with Crippen LogP contribution in [0, 0.1) is 5.41 Å². The van der Waals surface area contributed by atoms with E-state index in [1.165, 1.54) is 5.56 Å². The van der Waals surface area contributed by atoms with E-state index in [4.69, 9.17) is 4.65 Å². The Morgan fingerprint density at radius 2 is 2.13 bits per heavy atom. The molecule has 0 fully saturated rings. The van der Waals surface area contributed by atoms with Gasteiger partial charge in [-0.3, -0.25) is 0 Å². The summed E-state index contributed by atoms with van der Waals surface area (Å²) in [6, 6.07) is 6.15. The van der Waals surface area contributed by atoms with Crippen LogP contribution < -0.4 is 5.46 Å². The first-order valence-electron chi connectivity index (χ1n) is 5.38. The van der Waals surface area contributed by atoms with Gasteiger partial charge in [0, 0.05) is 0 Å². The van der Waals surface area contributed by atoms with Crippen molar-refractivity contribution in [2.24, 2.45) is 5.41 Å². The molecule has 1 N–H and O–H groups in total. The second kappa shape index (κ2) is 3.65. The van der Waals surface area contributed by atoms with E-state index < -0.39 is 7.12 Å². The van der Waals surface area contributed by atoms with E-state index in [1.807, 2.05) is 12.1 Å². The normalized spacial score (nSPS) is 15.6. The van der Waals surface area contributed by atoms with Gasteiger partial charge < -0.3 is 9.68 Å². The maximum Gasteiger partial charge on any atom is 0.492 e. The molecule has 0 aliphatic carbocycles. The van der Waals surface area contributed by atoms with Crippen LogP contribution in [0.2, 0.25) is 0 Å².